The van der Waals surface area contributed by atoms with Crippen molar-refractivity contribution in [3.05, 3.63) is 277 Å². The van der Waals surface area contributed by atoms with Gasteiger partial charge in [-0.3, -0.25) is 0 Å². The Morgan fingerprint density at radius 3 is 1.63 bits per heavy atom. The number of hydrogen-bond donors (Lipinski definition) is 0. The van der Waals surface area contributed by atoms with Crippen LogP contribution in [0, 0.1) is 0 Å². The van der Waals surface area contributed by atoms with Crippen LogP contribution in [0.15, 0.2) is 255 Å². The van der Waals surface area contributed by atoms with Gasteiger partial charge in [0.2, 0.25) is 0 Å². The van der Waals surface area contributed by atoms with Crippen molar-refractivity contribution in [3.8, 4) is 33.4 Å². The normalized spacial score (nSPS) is 13.0. The van der Waals surface area contributed by atoms with Crippen LogP contribution in [0.1, 0.15) is 22.3 Å². The average molecular weight is 827 g/mol. The molecule has 0 fully saturated rings. The van der Waals surface area contributed by atoms with Gasteiger partial charge in [-0.15, -0.1) is 0 Å². The second kappa shape index (κ2) is 14.8. The van der Waals surface area contributed by atoms with Crippen molar-refractivity contribution in [2.24, 2.45) is 0 Å². The van der Waals surface area contributed by atoms with E-state index in [4.69, 9.17) is 0 Å². The molecule has 1 heterocycles. The van der Waals surface area contributed by atoms with Crippen LogP contribution < -0.4 is 9.80 Å². The van der Waals surface area contributed by atoms with Gasteiger partial charge < -0.3 is 9.80 Å². The van der Waals surface area contributed by atoms with E-state index in [9.17, 15) is 0 Å². The summed E-state index contributed by atoms with van der Waals surface area (Å²) in [6, 6.07) is 93.7. The fraction of sp³-hybridized carbons (Fsp3) is 0.0159. The van der Waals surface area contributed by atoms with Gasteiger partial charge in [0.25, 0.3) is 0 Å². The third-order valence-corrected chi connectivity index (χ3v) is 13.8. The van der Waals surface area contributed by atoms with E-state index in [1.54, 1.807) is 0 Å². The van der Waals surface area contributed by atoms with Gasteiger partial charge in [0.15, 0.2) is 0 Å². The summed E-state index contributed by atoms with van der Waals surface area (Å²) < 4.78 is 0. The van der Waals surface area contributed by atoms with Gasteiger partial charge in [-0.1, -0.05) is 194 Å². The van der Waals surface area contributed by atoms with Crippen molar-refractivity contribution in [2.45, 2.75) is 5.41 Å². The second-order valence-electron chi connectivity index (χ2n) is 17.2. The van der Waals surface area contributed by atoms with Crippen LogP contribution in [0.5, 0.6) is 0 Å². The van der Waals surface area contributed by atoms with Crippen molar-refractivity contribution in [2.75, 3.05) is 9.80 Å². The van der Waals surface area contributed by atoms with Crippen molar-refractivity contribution in [1.82, 2.24) is 0 Å². The first-order valence-corrected chi connectivity index (χ1v) is 22.5. The van der Waals surface area contributed by atoms with Gasteiger partial charge in [-0.25, -0.2) is 0 Å². The smallest absolute Gasteiger partial charge is 0.0714 e. The molecule has 0 bridgehead atoms. The second-order valence-corrected chi connectivity index (χ2v) is 17.2. The molecule has 0 atom stereocenters. The lowest BCUT2D eigenvalue weighted by Crippen LogP contribution is -2.28. The first-order chi connectivity index (χ1) is 32.3. The van der Waals surface area contributed by atoms with E-state index in [1.165, 1.54) is 88.6 Å². The summed E-state index contributed by atoms with van der Waals surface area (Å²) in [4.78, 5) is 4.84. The molecule has 0 aromatic heterocycles. The molecule has 0 saturated heterocycles. The maximum absolute atomic E-state index is 2.45. The van der Waals surface area contributed by atoms with E-state index in [0.29, 0.717) is 0 Å². The maximum Gasteiger partial charge on any atom is 0.0714 e. The first-order valence-electron chi connectivity index (χ1n) is 22.5. The molecule has 2 nitrogen and oxygen atoms in total. The number of benzene rings is 11. The summed E-state index contributed by atoms with van der Waals surface area (Å²) in [7, 11) is 0. The van der Waals surface area contributed by atoms with Gasteiger partial charge in [0.1, 0.15) is 0 Å². The largest absolute Gasteiger partial charge is 0.310 e. The zero-order valence-corrected chi connectivity index (χ0v) is 35.6. The van der Waals surface area contributed by atoms with E-state index in [1.807, 2.05) is 0 Å². The van der Waals surface area contributed by atoms with Crippen LogP contribution in [-0.4, -0.2) is 0 Å². The third kappa shape index (κ3) is 5.67. The molecular weight excluding hydrogens is 785 g/mol. The maximum atomic E-state index is 2.45. The molecule has 0 saturated carbocycles. The van der Waals surface area contributed by atoms with E-state index < -0.39 is 5.41 Å². The van der Waals surface area contributed by atoms with E-state index in [-0.39, 0.29) is 0 Å². The summed E-state index contributed by atoms with van der Waals surface area (Å²) in [5, 5.41) is 5.07. The Kier molecular flexibility index (Phi) is 8.47. The van der Waals surface area contributed by atoms with Crippen LogP contribution in [0.3, 0.4) is 0 Å². The molecular formula is C63H42N2. The fourth-order valence-electron chi connectivity index (χ4n) is 11.1. The Morgan fingerprint density at radius 2 is 0.892 bits per heavy atom. The van der Waals surface area contributed by atoms with Gasteiger partial charge in [-0.05, 0) is 127 Å². The molecule has 1 aliphatic carbocycles. The lowest BCUT2D eigenvalue weighted by molar-refractivity contribution is 0.768. The van der Waals surface area contributed by atoms with Crippen LogP contribution in [0.2, 0.25) is 0 Å². The summed E-state index contributed by atoms with van der Waals surface area (Å²) >= 11 is 0. The quantitative estimate of drug-likeness (QED) is 0.158. The summed E-state index contributed by atoms with van der Waals surface area (Å²) in [5.41, 5.74) is 19.0. The lowest BCUT2D eigenvalue weighted by atomic mass is 9.67. The van der Waals surface area contributed by atoms with Crippen molar-refractivity contribution < 1.29 is 0 Å². The molecule has 13 rings (SSSR count). The monoisotopic (exact) mass is 826 g/mol. The summed E-state index contributed by atoms with van der Waals surface area (Å²) in [6.45, 7) is 0. The van der Waals surface area contributed by atoms with Crippen molar-refractivity contribution in [3.63, 3.8) is 0 Å². The Balaban J connectivity index is 0.900. The molecule has 11 aromatic rings. The molecule has 0 spiro atoms. The highest BCUT2D eigenvalue weighted by Crippen LogP contribution is 2.58. The van der Waals surface area contributed by atoms with Crippen LogP contribution in [-0.2, 0) is 5.41 Å². The number of anilines is 6. The molecule has 0 amide bonds. The van der Waals surface area contributed by atoms with Gasteiger partial charge >= 0.3 is 0 Å². The number of para-hydroxylation sites is 1. The fourth-order valence-corrected chi connectivity index (χ4v) is 11.1. The Hall–Kier alpha value is -8.46. The predicted octanol–water partition coefficient (Wildman–Crippen LogP) is 16.9. The van der Waals surface area contributed by atoms with Crippen LogP contribution in [0.4, 0.5) is 34.1 Å². The zero-order valence-electron chi connectivity index (χ0n) is 35.6. The molecule has 1 aliphatic heterocycles. The highest BCUT2D eigenvalue weighted by atomic mass is 15.2. The molecule has 2 aliphatic rings. The predicted molar refractivity (Wildman–Crippen MR) is 273 cm³/mol. The standard InChI is InChI=1S/C63H42N2/c1-4-19-47(20-5-1)63(48-21-6-2-7-22-48)57-28-13-12-26-54(57)55-40-39-52(42-58(55)63)64(49-23-8-3-9-24-49)50-35-30-43(31-36-50)44-32-37-51(38-33-44)65-59-29-15-18-46-17-14-27-56(61(46)59)62-53-25-11-10-16-45(53)34-41-60(62)65/h1-42H. The molecule has 11 aromatic carbocycles. The first kappa shape index (κ1) is 37.1. The van der Waals surface area contributed by atoms with Crippen LogP contribution in [0.25, 0.3) is 54.9 Å². The van der Waals surface area contributed by atoms with E-state index >= 15 is 0 Å². The molecule has 2 heteroatoms. The summed E-state index contributed by atoms with van der Waals surface area (Å²) in [5.74, 6) is 0. The van der Waals surface area contributed by atoms with E-state index in [0.717, 1.165) is 22.7 Å². The molecule has 0 radical (unpaired) electrons. The highest BCUT2D eigenvalue weighted by molar-refractivity contribution is 6.19. The van der Waals surface area contributed by atoms with E-state index in [2.05, 4.69) is 265 Å². The Bertz CT molecular complexity index is 3530. The molecule has 0 N–H and O–H groups in total. The number of fused-ring (bicyclic) bond motifs is 7. The number of rotatable bonds is 7. The Labute approximate surface area is 379 Å². The minimum Gasteiger partial charge on any atom is -0.310 e. The number of nitrogens with zero attached hydrogens (tertiary/aromatic N) is 2. The molecule has 0 unspecified atom stereocenters. The SMILES string of the molecule is c1ccc(N(c2ccc(-c3ccc(N4c5ccc6ccccc6c5-c5cccc6cccc4c56)cc3)cc2)c2ccc3c(c2)C(c2ccccc2)(c2ccccc2)c2ccccc2-3)cc1. The van der Waals surface area contributed by atoms with Gasteiger partial charge in [-0.2, -0.15) is 0 Å². The number of hydrogen-bond acceptors (Lipinski definition) is 2. The van der Waals surface area contributed by atoms with Crippen molar-refractivity contribution in [1.29, 1.82) is 0 Å². The van der Waals surface area contributed by atoms with Gasteiger partial charge in [0.05, 0.1) is 16.8 Å². The lowest BCUT2D eigenvalue weighted by Gasteiger charge is -2.35. The molecule has 304 valence electrons. The average Bonchev–Trinajstić information content (AvgIpc) is 3.68. The highest BCUT2D eigenvalue weighted by Gasteiger charge is 2.46. The van der Waals surface area contributed by atoms with Crippen LogP contribution >= 0.6 is 0 Å². The zero-order chi connectivity index (χ0) is 42.9. The molecule has 65 heavy (non-hydrogen) atoms. The summed E-state index contributed by atoms with van der Waals surface area (Å²) in [6.07, 6.45) is 0. The topological polar surface area (TPSA) is 6.48 Å². The Morgan fingerprint density at radius 1 is 0.338 bits per heavy atom. The van der Waals surface area contributed by atoms with Crippen molar-refractivity contribution >= 4 is 55.7 Å². The third-order valence-electron chi connectivity index (χ3n) is 13.8. The van der Waals surface area contributed by atoms with Gasteiger partial charge in [0, 0.05) is 33.7 Å². The minimum atomic E-state index is -0.483. The minimum absolute atomic E-state index is 0.483.